The van der Waals surface area contributed by atoms with Crippen LogP contribution in [0.25, 0.3) is 0 Å². The number of rotatable bonds is 7. The third-order valence-corrected chi connectivity index (χ3v) is 3.94. The van der Waals surface area contributed by atoms with Crippen LogP contribution >= 0.6 is 0 Å². The highest BCUT2D eigenvalue weighted by atomic mass is 32.3. The first-order chi connectivity index (χ1) is 17.0. The second kappa shape index (κ2) is 8.17. The fourth-order valence-corrected chi connectivity index (χ4v) is 2.78. The molecule has 3 rings (SSSR count). The molecule has 0 aliphatic heterocycles. The highest BCUT2D eigenvalue weighted by molar-refractivity contribution is 7.81. The molecule has 0 radical (unpaired) electrons. The summed E-state index contributed by atoms with van der Waals surface area (Å²) in [4.78, 5) is 4.07. The number of nitrogens with zero attached hydrogens (tertiary/aromatic N) is 1. The van der Waals surface area contributed by atoms with Crippen LogP contribution in [0, 0.1) is 0 Å². The lowest BCUT2D eigenvalue weighted by Crippen LogP contribution is -2.08. The van der Waals surface area contributed by atoms with Crippen LogP contribution in [0.15, 0.2) is 72.7 Å². The van der Waals surface area contributed by atoms with Gasteiger partial charge in [-0.1, -0.05) is 30.2 Å². The van der Waals surface area contributed by atoms with Gasteiger partial charge in [0.05, 0.1) is 22.6 Å². The molecule has 0 unspecified atom stereocenters. The summed E-state index contributed by atoms with van der Waals surface area (Å²) in [6, 6.07) is -3.72. The first kappa shape index (κ1) is 12.5. The zero-order valence-corrected chi connectivity index (χ0v) is 15.6. The van der Waals surface area contributed by atoms with Crippen molar-refractivity contribution in [1.29, 1.82) is 0 Å². The van der Waals surface area contributed by atoms with Gasteiger partial charge in [0.15, 0.2) is 0 Å². The van der Waals surface area contributed by atoms with Crippen LogP contribution in [0.5, 0.6) is 11.5 Å². The van der Waals surface area contributed by atoms with Crippen molar-refractivity contribution in [2.45, 2.75) is 5.92 Å². The molecule has 1 heterocycles. The lowest BCUT2D eigenvalue weighted by atomic mass is 9.88. The highest BCUT2D eigenvalue weighted by Gasteiger charge is 2.19. The fourth-order valence-electron chi connectivity index (χ4n) is 2.19. The summed E-state index contributed by atoms with van der Waals surface area (Å²) in [5.41, 5.74) is -1.22. The van der Waals surface area contributed by atoms with Crippen LogP contribution in [0.3, 0.4) is 0 Å². The third kappa shape index (κ3) is 5.99. The van der Waals surface area contributed by atoms with Crippen molar-refractivity contribution >= 4 is 20.8 Å². The molecule has 152 valence electrons. The predicted octanol–water partition coefficient (Wildman–Crippen LogP) is 2.62. The molecule has 1 aromatic heterocycles. The monoisotopic (exact) mass is 445 g/mol. The first-order valence-electron chi connectivity index (χ1n) is 11.4. The number of benzene rings is 2. The molecule has 0 saturated heterocycles. The van der Waals surface area contributed by atoms with Gasteiger partial charge in [0.25, 0.3) is 0 Å². The maximum Gasteiger partial charge on any atom is 0.446 e. The average molecular weight is 445 g/mol. The molecule has 0 fully saturated rings. The molecule has 2 aromatic carbocycles. The Bertz CT molecular complexity index is 1460. The van der Waals surface area contributed by atoms with Crippen LogP contribution in [-0.2, 0) is 20.8 Å². The summed E-state index contributed by atoms with van der Waals surface area (Å²) in [5, 5.41) is 0. The maximum atomic E-state index is 11.2. The van der Waals surface area contributed by atoms with Gasteiger partial charge < -0.3 is 8.37 Å². The van der Waals surface area contributed by atoms with Crippen molar-refractivity contribution in [3.63, 3.8) is 0 Å². The normalized spacial score (nSPS) is 15.8. The van der Waals surface area contributed by atoms with Crippen LogP contribution in [-0.4, -0.2) is 30.9 Å². The molecule has 0 aliphatic rings. The Kier molecular flexibility index (Phi) is 3.53. The van der Waals surface area contributed by atoms with Gasteiger partial charge in [-0.15, -0.1) is 0 Å². The minimum absolute atomic E-state index is 0.0870. The van der Waals surface area contributed by atoms with Crippen molar-refractivity contribution in [2.24, 2.45) is 0 Å². The molecule has 0 bridgehead atoms. The smallest absolute Gasteiger partial charge is 0.362 e. The summed E-state index contributed by atoms with van der Waals surface area (Å²) in [7, 11) is -10.5. The van der Waals surface area contributed by atoms with Gasteiger partial charge in [0.2, 0.25) is 0 Å². The van der Waals surface area contributed by atoms with E-state index in [9.17, 15) is 16.8 Å². The highest BCUT2D eigenvalue weighted by Crippen LogP contribution is 2.32. The minimum atomic E-state index is -5.25. The molecule has 29 heavy (non-hydrogen) atoms. The molecule has 11 heteroatoms. The Morgan fingerprint density at radius 3 is 1.59 bits per heavy atom. The summed E-state index contributed by atoms with van der Waals surface area (Å²) in [6.45, 7) is 0. The van der Waals surface area contributed by atoms with E-state index in [2.05, 4.69) is 13.4 Å². The molecule has 0 spiro atoms. The number of aromatic nitrogens is 1. The summed E-state index contributed by atoms with van der Waals surface area (Å²) < 4.78 is 137. The van der Waals surface area contributed by atoms with E-state index in [0.29, 0.717) is 0 Å². The van der Waals surface area contributed by atoms with Gasteiger partial charge in [0, 0.05) is 6.20 Å². The second-order valence-corrected chi connectivity index (χ2v) is 7.24. The van der Waals surface area contributed by atoms with Crippen LogP contribution < -0.4 is 8.37 Å². The van der Waals surface area contributed by atoms with E-state index in [1.807, 2.05) is 0 Å². The largest absolute Gasteiger partial charge is 0.446 e. The molecule has 0 saturated carbocycles. The minimum Gasteiger partial charge on any atom is -0.362 e. The van der Waals surface area contributed by atoms with Crippen LogP contribution in [0.2, 0.25) is 0 Å². The molecular weight excluding hydrogens is 422 g/mol. The molecular formula is C18H15NO8S2. The SMILES string of the molecule is [2H]c1c([2H])c(C(c2ccccn2)c2c([2H])c([2H])c(OS(=O)(=O)O)c([2H])c2[2H])c([2H])c([2H])c1OS(=O)(=O)O. The summed E-state index contributed by atoms with van der Waals surface area (Å²) in [6.07, 6.45) is 1.25. The van der Waals surface area contributed by atoms with E-state index in [4.69, 9.17) is 20.1 Å². The van der Waals surface area contributed by atoms with Gasteiger partial charge in [-0.25, -0.2) is 0 Å². The Balaban J connectivity index is 2.46. The standard InChI is InChI=1S/C18H15NO8S2/c20-28(21,22)26-15-8-4-13(5-9-15)18(17-3-1-2-12-19-17)14-6-10-16(11-7-14)27-29(23,24)25/h1-12,18H,(H,20,21,22)(H,23,24,25)/i4D,5D,6D,7D,8D,9D,10D,11D. The lowest BCUT2D eigenvalue weighted by molar-refractivity contribution is 0.384. The molecule has 9 nitrogen and oxygen atoms in total. The van der Waals surface area contributed by atoms with E-state index >= 15 is 0 Å². The molecule has 0 atom stereocenters. The first-order valence-corrected chi connectivity index (χ1v) is 10.1. The lowest BCUT2D eigenvalue weighted by Gasteiger charge is -2.18. The summed E-state index contributed by atoms with van der Waals surface area (Å²) >= 11 is 0. The van der Waals surface area contributed by atoms with Crippen molar-refractivity contribution < 1.29 is 45.3 Å². The van der Waals surface area contributed by atoms with E-state index in [1.165, 1.54) is 24.4 Å². The van der Waals surface area contributed by atoms with Crippen molar-refractivity contribution in [2.75, 3.05) is 0 Å². The number of hydrogen-bond acceptors (Lipinski definition) is 7. The zero-order chi connectivity index (χ0) is 28.0. The Morgan fingerprint density at radius 1 is 0.793 bits per heavy atom. The topological polar surface area (TPSA) is 140 Å². The number of pyridine rings is 1. The summed E-state index contributed by atoms with van der Waals surface area (Å²) in [5.74, 6) is -3.93. The predicted molar refractivity (Wildman–Crippen MR) is 102 cm³/mol. The van der Waals surface area contributed by atoms with Gasteiger partial charge in [-0.05, 0) is 47.4 Å². The van der Waals surface area contributed by atoms with E-state index in [1.54, 1.807) is 0 Å². The molecule has 0 amide bonds. The van der Waals surface area contributed by atoms with Gasteiger partial charge in [-0.3, -0.25) is 14.1 Å². The average Bonchev–Trinajstić information content (AvgIpc) is 2.80. The van der Waals surface area contributed by atoms with E-state index in [-0.39, 0.29) is 5.69 Å². The van der Waals surface area contributed by atoms with Crippen molar-refractivity contribution in [3.05, 3.63) is 89.6 Å². The zero-order valence-electron chi connectivity index (χ0n) is 22.0. The fraction of sp³-hybridized carbons (Fsp3) is 0.0556. The van der Waals surface area contributed by atoms with Crippen molar-refractivity contribution in [3.8, 4) is 11.5 Å². The van der Waals surface area contributed by atoms with Crippen LogP contribution in [0.4, 0.5) is 0 Å². The van der Waals surface area contributed by atoms with Crippen molar-refractivity contribution in [1.82, 2.24) is 4.98 Å². The second-order valence-electron chi connectivity index (χ2n) is 5.20. The number of hydrogen-bond donors (Lipinski definition) is 2. The maximum absolute atomic E-state index is 11.2. The van der Waals surface area contributed by atoms with Crippen LogP contribution in [0.1, 0.15) is 33.7 Å². The third-order valence-electron chi connectivity index (χ3n) is 3.18. The van der Waals surface area contributed by atoms with E-state index in [0.717, 1.165) is 0 Å². The molecule has 2 N–H and O–H groups in total. The van der Waals surface area contributed by atoms with Gasteiger partial charge >= 0.3 is 20.8 Å². The quantitative estimate of drug-likeness (QED) is 0.525. The van der Waals surface area contributed by atoms with Gasteiger partial charge in [0.1, 0.15) is 11.5 Å². The van der Waals surface area contributed by atoms with Gasteiger partial charge in [-0.2, -0.15) is 16.8 Å². The molecule has 3 aromatic rings. The Hall–Kier alpha value is -2.99. The Labute approximate surface area is 178 Å². The Morgan fingerprint density at radius 2 is 1.24 bits per heavy atom. The van der Waals surface area contributed by atoms with E-state index < -0.39 is 97.7 Å². The molecule has 0 aliphatic carbocycles.